The summed E-state index contributed by atoms with van der Waals surface area (Å²) in [7, 11) is 1.58. The Bertz CT molecular complexity index is 944. The van der Waals surface area contributed by atoms with Gasteiger partial charge >= 0.3 is 0 Å². The van der Waals surface area contributed by atoms with E-state index in [-0.39, 0.29) is 18.4 Å². The minimum absolute atomic E-state index is 0.148. The van der Waals surface area contributed by atoms with Gasteiger partial charge in [0.05, 0.1) is 6.54 Å². The van der Waals surface area contributed by atoms with E-state index in [4.69, 9.17) is 4.52 Å². The quantitative estimate of drug-likeness (QED) is 0.661. The van der Waals surface area contributed by atoms with Crippen molar-refractivity contribution in [2.45, 2.75) is 6.54 Å². The first-order valence-electron chi connectivity index (χ1n) is 8.45. The first-order valence-corrected chi connectivity index (χ1v) is 8.45. The number of nitrogens with zero attached hydrogens (tertiary/aromatic N) is 1. The maximum absolute atomic E-state index is 12.0. The van der Waals surface area contributed by atoms with E-state index in [1.807, 2.05) is 30.3 Å². The Morgan fingerprint density at radius 1 is 1.07 bits per heavy atom. The lowest BCUT2D eigenvalue weighted by Gasteiger charge is -2.00. The Balaban J connectivity index is 1.53. The van der Waals surface area contributed by atoms with E-state index in [2.05, 4.69) is 15.8 Å². The van der Waals surface area contributed by atoms with E-state index in [1.165, 1.54) is 6.08 Å². The van der Waals surface area contributed by atoms with Gasteiger partial charge in [-0.15, -0.1) is 0 Å². The second-order valence-corrected chi connectivity index (χ2v) is 5.80. The SMILES string of the molecule is CNC(=O)c1ccc(C=CC(=O)NCc2cc(-c3ccccc3)no2)cc1. The number of carbonyl (C=O) groups excluding carboxylic acids is 2. The number of aromatic nitrogens is 1. The molecular formula is C21H19N3O3. The van der Waals surface area contributed by atoms with Gasteiger partial charge in [-0.3, -0.25) is 9.59 Å². The average molecular weight is 361 g/mol. The number of rotatable bonds is 6. The molecule has 2 amide bonds. The zero-order valence-electron chi connectivity index (χ0n) is 14.8. The van der Waals surface area contributed by atoms with E-state index in [1.54, 1.807) is 43.5 Å². The molecule has 0 radical (unpaired) electrons. The Labute approximate surface area is 156 Å². The van der Waals surface area contributed by atoms with Crippen LogP contribution in [-0.2, 0) is 11.3 Å². The van der Waals surface area contributed by atoms with E-state index < -0.39 is 0 Å². The highest BCUT2D eigenvalue weighted by Crippen LogP contribution is 2.18. The van der Waals surface area contributed by atoms with E-state index >= 15 is 0 Å². The molecule has 2 N–H and O–H groups in total. The molecule has 6 nitrogen and oxygen atoms in total. The molecule has 0 unspecified atom stereocenters. The van der Waals surface area contributed by atoms with Crippen molar-refractivity contribution in [3.63, 3.8) is 0 Å². The minimum Gasteiger partial charge on any atom is -0.359 e. The molecule has 0 saturated heterocycles. The maximum atomic E-state index is 12.0. The van der Waals surface area contributed by atoms with Gasteiger partial charge in [0, 0.05) is 30.3 Å². The second-order valence-electron chi connectivity index (χ2n) is 5.80. The molecule has 0 aliphatic heterocycles. The highest BCUT2D eigenvalue weighted by molar-refractivity contribution is 5.94. The lowest BCUT2D eigenvalue weighted by molar-refractivity contribution is -0.116. The van der Waals surface area contributed by atoms with Crippen LogP contribution in [0.1, 0.15) is 21.7 Å². The van der Waals surface area contributed by atoms with Gasteiger partial charge < -0.3 is 15.2 Å². The number of amides is 2. The Morgan fingerprint density at radius 3 is 2.52 bits per heavy atom. The fourth-order valence-corrected chi connectivity index (χ4v) is 2.44. The van der Waals surface area contributed by atoms with Crippen LogP contribution in [0.4, 0.5) is 0 Å². The van der Waals surface area contributed by atoms with Crippen molar-refractivity contribution < 1.29 is 14.1 Å². The van der Waals surface area contributed by atoms with Crippen molar-refractivity contribution in [3.05, 3.63) is 83.6 Å². The molecule has 3 aromatic rings. The van der Waals surface area contributed by atoms with Gasteiger partial charge in [-0.1, -0.05) is 47.6 Å². The van der Waals surface area contributed by atoms with Crippen LogP contribution < -0.4 is 10.6 Å². The van der Waals surface area contributed by atoms with E-state index in [0.717, 1.165) is 16.8 Å². The minimum atomic E-state index is -0.247. The number of carbonyl (C=O) groups is 2. The first kappa shape index (κ1) is 18.1. The monoisotopic (exact) mass is 361 g/mol. The van der Waals surface area contributed by atoms with Crippen LogP contribution in [0.25, 0.3) is 17.3 Å². The maximum Gasteiger partial charge on any atom is 0.251 e. The molecule has 0 aliphatic carbocycles. The number of hydrogen-bond acceptors (Lipinski definition) is 4. The molecule has 27 heavy (non-hydrogen) atoms. The number of benzene rings is 2. The molecule has 0 bridgehead atoms. The number of nitrogens with one attached hydrogen (secondary N) is 2. The Hall–Kier alpha value is -3.67. The van der Waals surface area contributed by atoms with Gasteiger partial charge in [-0.2, -0.15) is 0 Å². The second kappa shape index (κ2) is 8.62. The molecule has 0 spiro atoms. The molecule has 6 heteroatoms. The summed E-state index contributed by atoms with van der Waals surface area (Å²) in [6.45, 7) is 0.249. The third-order valence-corrected chi connectivity index (χ3v) is 3.89. The summed E-state index contributed by atoms with van der Waals surface area (Å²) in [5, 5.41) is 9.32. The van der Waals surface area contributed by atoms with Crippen LogP contribution in [0.15, 0.2) is 71.3 Å². The zero-order valence-corrected chi connectivity index (χ0v) is 14.8. The molecule has 0 atom stereocenters. The summed E-state index contributed by atoms with van der Waals surface area (Å²) >= 11 is 0. The van der Waals surface area contributed by atoms with Crippen molar-refractivity contribution in [2.75, 3.05) is 7.05 Å². The lowest BCUT2D eigenvalue weighted by Crippen LogP contribution is -2.19. The molecular weight excluding hydrogens is 342 g/mol. The molecule has 0 fully saturated rings. The van der Waals surface area contributed by atoms with Gasteiger partial charge in [0.1, 0.15) is 5.69 Å². The number of hydrogen-bond donors (Lipinski definition) is 2. The fourth-order valence-electron chi connectivity index (χ4n) is 2.44. The van der Waals surface area contributed by atoms with Crippen LogP contribution in [0.5, 0.6) is 0 Å². The van der Waals surface area contributed by atoms with Gasteiger partial charge in [0.15, 0.2) is 5.76 Å². The molecule has 1 heterocycles. The molecule has 0 saturated carbocycles. The van der Waals surface area contributed by atoms with Crippen molar-refractivity contribution in [3.8, 4) is 11.3 Å². The summed E-state index contributed by atoms with van der Waals surface area (Å²) < 4.78 is 5.25. The van der Waals surface area contributed by atoms with E-state index in [0.29, 0.717) is 11.3 Å². The standard InChI is InChI=1S/C21H19N3O3/c1-22-21(26)17-10-7-15(8-11-17)9-12-20(25)23-14-18-13-19(24-27-18)16-5-3-2-4-6-16/h2-13H,14H2,1H3,(H,22,26)(H,23,25). The molecule has 3 rings (SSSR count). The van der Waals surface area contributed by atoms with Crippen LogP contribution in [-0.4, -0.2) is 24.0 Å². The van der Waals surface area contributed by atoms with E-state index in [9.17, 15) is 9.59 Å². The first-order chi connectivity index (χ1) is 13.2. The van der Waals surface area contributed by atoms with Gasteiger partial charge in [0.2, 0.25) is 5.91 Å². The van der Waals surface area contributed by atoms with Crippen molar-refractivity contribution >= 4 is 17.9 Å². The highest BCUT2D eigenvalue weighted by atomic mass is 16.5. The molecule has 0 aliphatic rings. The summed E-state index contributed by atoms with van der Waals surface area (Å²) in [4.78, 5) is 23.5. The average Bonchev–Trinajstić information content (AvgIpc) is 3.20. The van der Waals surface area contributed by atoms with Crippen molar-refractivity contribution in [2.24, 2.45) is 0 Å². The Morgan fingerprint density at radius 2 is 1.81 bits per heavy atom. The lowest BCUT2D eigenvalue weighted by atomic mass is 10.1. The Kier molecular flexibility index (Phi) is 5.79. The topological polar surface area (TPSA) is 84.2 Å². The fraction of sp³-hybridized carbons (Fsp3) is 0.0952. The third kappa shape index (κ3) is 4.92. The molecule has 2 aromatic carbocycles. The van der Waals surface area contributed by atoms with Crippen LogP contribution in [0.2, 0.25) is 0 Å². The summed E-state index contributed by atoms with van der Waals surface area (Å²) in [5.74, 6) is 0.179. The summed E-state index contributed by atoms with van der Waals surface area (Å²) in [6, 6.07) is 18.4. The molecule has 136 valence electrons. The van der Waals surface area contributed by atoms with Crippen LogP contribution in [0, 0.1) is 0 Å². The summed E-state index contributed by atoms with van der Waals surface area (Å²) in [5.41, 5.74) is 3.08. The largest absolute Gasteiger partial charge is 0.359 e. The van der Waals surface area contributed by atoms with Crippen LogP contribution >= 0.6 is 0 Å². The zero-order chi connectivity index (χ0) is 19.1. The van der Waals surface area contributed by atoms with Crippen LogP contribution in [0.3, 0.4) is 0 Å². The van der Waals surface area contributed by atoms with Crippen molar-refractivity contribution in [1.82, 2.24) is 15.8 Å². The van der Waals surface area contributed by atoms with Gasteiger partial charge in [-0.25, -0.2) is 0 Å². The van der Waals surface area contributed by atoms with Crippen molar-refractivity contribution in [1.29, 1.82) is 0 Å². The predicted molar refractivity (Wildman–Crippen MR) is 103 cm³/mol. The third-order valence-electron chi connectivity index (χ3n) is 3.89. The highest BCUT2D eigenvalue weighted by Gasteiger charge is 2.07. The normalized spacial score (nSPS) is 10.7. The predicted octanol–water partition coefficient (Wildman–Crippen LogP) is 3.03. The van der Waals surface area contributed by atoms with Gasteiger partial charge in [-0.05, 0) is 23.8 Å². The van der Waals surface area contributed by atoms with Gasteiger partial charge in [0.25, 0.3) is 5.91 Å². The summed E-state index contributed by atoms with van der Waals surface area (Å²) in [6.07, 6.45) is 3.11. The molecule has 1 aromatic heterocycles. The smallest absolute Gasteiger partial charge is 0.251 e.